The van der Waals surface area contributed by atoms with Crippen LogP contribution in [0.4, 0.5) is 0 Å². The molecule has 1 aromatic heterocycles. The molecule has 0 fully saturated rings. The van der Waals surface area contributed by atoms with E-state index in [4.69, 9.17) is 23.2 Å². The number of rotatable bonds is 1. The second-order valence-electron chi connectivity index (χ2n) is 3.80. The summed E-state index contributed by atoms with van der Waals surface area (Å²) in [6, 6.07) is 5.52. The van der Waals surface area contributed by atoms with Gasteiger partial charge < -0.3 is 5.11 Å². The predicted molar refractivity (Wildman–Crippen MR) is 67.1 cm³/mol. The van der Waals surface area contributed by atoms with Crippen molar-refractivity contribution >= 4 is 34.1 Å². The molecule has 0 saturated carbocycles. The van der Waals surface area contributed by atoms with Gasteiger partial charge in [0.15, 0.2) is 0 Å². The van der Waals surface area contributed by atoms with Gasteiger partial charge >= 0.3 is 0 Å². The van der Waals surface area contributed by atoms with Crippen LogP contribution in [0.2, 0.25) is 10.2 Å². The van der Waals surface area contributed by atoms with Gasteiger partial charge in [-0.05, 0) is 31.5 Å². The number of fused-ring (bicyclic) bond motifs is 1. The summed E-state index contributed by atoms with van der Waals surface area (Å²) in [4.78, 5) is 4.28. The normalized spacial score (nSPS) is 13.1. The molecule has 1 N–H and O–H groups in total. The second kappa shape index (κ2) is 4.21. The number of benzene rings is 1. The minimum atomic E-state index is -0.652. The van der Waals surface area contributed by atoms with Crippen LogP contribution in [0.15, 0.2) is 18.2 Å². The molecule has 1 unspecified atom stereocenters. The number of aromatic nitrogens is 1. The van der Waals surface area contributed by atoms with Crippen molar-refractivity contribution in [2.24, 2.45) is 0 Å². The zero-order valence-electron chi connectivity index (χ0n) is 8.96. The van der Waals surface area contributed by atoms with E-state index < -0.39 is 6.10 Å². The van der Waals surface area contributed by atoms with Crippen LogP contribution in [-0.4, -0.2) is 10.1 Å². The lowest BCUT2D eigenvalue weighted by molar-refractivity contribution is 0.199. The molecule has 84 valence electrons. The Labute approximate surface area is 104 Å². The smallest absolute Gasteiger partial charge is 0.135 e. The van der Waals surface area contributed by atoms with Crippen molar-refractivity contribution in [1.29, 1.82) is 0 Å². The van der Waals surface area contributed by atoms with E-state index in [2.05, 4.69) is 4.98 Å². The molecule has 16 heavy (non-hydrogen) atoms. The third kappa shape index (κ3) is 1.88. The number of nitrogens with zero attached hydrogens (tertiary/aromatic N) is 1. The van der Waals surface area contributed by atoms with Crippen LogP contribution in [0.1, 0.15) is 24.2 Å². The SMILES string of the molecule is Cc1ccc(Cl)c2cc(C(C)O)c(Cl)nc12. The van der Waals surface area contributed by atoms with Crippen LogP contribution >= 0.6 is 23.2 Å². The number of halogens is 2. The monoisotopic (exact) mass is 255 g/mol. The van der Waals surface area contributed by atoms with Gasteiger partial charge in [-0.25, -0.2) is 4.98 Å². The van der Waals surface area contributed by atoms with E-state index in [1.807, 2.05) is 19.1 Å². The quantitative estimate of drug-likeness (QED) is 0.785. The zero-order chi connectivity index (χ0) is 11.9. The maximum atomic E-state index is 9.56. The Morgan fingerprint density at radius 1 is 1.31 bits per heavy atom. The van der Waals surface area contributed by atoms with Crippen molar-refractivity contribution in [3.63, 3.8) is 0 Å². The van der Waals surface area contributed by atoms with Gasteiger partial charge in [0, 0.05) is 16.0 Å². The number of hydrogen-bond acceptors (Lipinski definition) is 2. The highest BCUT2D eigenvalue weighted by atomic mass is 35.5. The molecule has 0 spiro atoms. The van der Waals surface area contributed by atoms with E-state index in [9.17, 15) is 5.11 Å². The molecule has 1 heterocycles. The topological polar surface area (TPSA) is 33.1 Å². The van der Waals surface area contributed by atoms with Crippen LogP contribution in [0.5, 0.6) is 0 Å². The Hall–Kier alpha value is -0.830. The zero-order valence-corrected chi connectivity index (χ0v) is 10.5. The van der Waals surface area contributed by atoms with Gasteiger partial charge in [0.25, 0.3) is 0 Å². The summed E-state index contributed by atoms with van der Waals surface area (Å²) in [6.45, 7) is 3.60. The van der Waals surface area contributed by atoms with Crippen LogP contribution < -0.4 is 0 Å². The van der Waals surface area contributed by atoms with Crippen molar-refractivity contribution < 1.29 is 5.11 Å². The van der Waals surface area contributed by atoms with E-state index in [1.54, 1.807) is 13.0 Å². The van der Waals surface area contributed by atoms with Crippen LogP contribution in [-0.2, 0) is 0 Å². The summed E-state index contributed by atoms with van der Waals surface area (Å²) < 4.78 is 0. The van der Waals surface area contributed by atoms with Gasteiger partial charge in [-0.1, -0.05) is 29.3 Å². The molecule has 0 amide bonds. The summed E-state index contributed by atoms with van der Waals surface area (Å²) in [5.41, 5.74) is 2.39. The summed E-state index contributed by atoms with van der Waals surface area (Å²) in [7, 11) is 0. The van der Waals surface area contributed by atoms with E-state index in [-0.39, 0.29) is 0 Å². The largest absolute Gasteiger partial charge is 0.389 e. The molecule has 0 aliphatic rings. The van der Waals surface area contributed by atoms with E-state index in [0.29, 0.717) is 15.7 Å². The fraction of sp³-hybridized carbons (Fsp3) is 0.250. The Bertz CT molecular complexity index is 552. The lowest BCUT2D eigenvalue weighted by Gasteiger charge is -2.10. The number of aliphatic hydroxyl groups is 1. The molecule has 0 saturated heterocycles. The molecular formula is C12H11Cl2NO. The first kappa shape index (κ1) is 11.6. The molecule has 1 aromatic carbocycles. The van der Waals surface area contributed by atoms with Crippen molar-refractivity contribution in [2.75, 3.05) is 0 Å². The van der Waals surface area contributed by atoms with Crippen LogP contribution in [0.3, 0.4) is 0 Å². The lowest BCUT2D eigenvalue weighted by Crippen LogP contribution is -1.96. The fourth-order valence-corrected chi connectivity index (χ4v) is 2.15. The molecule has 0 aliphatic carbocycles. The van der Waals surface area contributed by atoms with Crippen molar-refractivity contribution in [2.45, 2.75) is 20.0 Å². The van der Waals surface area contributed by atoms with Crippen LogP contribution in [0, 0.1) is 6.92 Å². The molecule has 0 radical (unpaired) electrons. The highest BCUT2D eigenvalue weighted by Gasteiger charge is 2.12. The molecular weight excluding hydrogens is 245 g/mol. The molecule has 0 aliphatic heterocycles. The summed E-state index contributed by atoms with van der Waals surface area (Å²) in [5.74, 6) is 0. The van der Waals surface area contributed by atoms with Crippen molar-refractivity contribution in [1.82, 2.24) is 4.98 Å². The number of hydrogen-bond donors (Lipinski definition) is 1. The van der Waals surface area contributed by atoms with Crippen LogP contribution in [0.25, 0.3) is 10.9 Å². The summed E-state index contributed by atoms with van der Waals surface area (Å²) in [6.07, 6.45) is -0.652. The first-order valence-corrected chi connectivity index (χ1v) is 5.69. The maximum absolute atomic E-state index is 9.56. The summed E-state index contributed by atoms with van der Waals surface area (Å²) in [5, 5.41) is 11.3. The molecule has 2 rings (SSSR count). The Kier molecular flexibility index (Phi) is 3.06. The first-order chi connectivity index (χ1) is 7.50. The standard InChI is InChI=1S/C12H11Cl2NO/c1-6-3-4-10(13)9-5-8(7(2)16)12(14)15-11(6)9/h3-5,7,16H,1-2H3. The minimum absolute atomic E-state index is 0.327. The van der Waals surface area contributed by atoms with E-state index in [1.165, 1.54) is 0 Å². The third-order valence-corrected chi connectivity index (χ3v) is 3.20. The van der Waals surface area contributed by atoms with Gasteiger partial charge in [0.05, 0.1) is 11.6 Å². The van der Waals surface area contributed by atoms with Gasteiger partial charge in [-0.2, -0.15) is 0 Å². The predicted octanol–water partition coefficient (Wildman–Crippen LogP) is 3.90. The summed E-state index contributed by atoms with van der Waals surface area (Å²) >= 11 is 12.1. The first-order valence-electron chi connectivity index (χ1n) is 4.94. The number of pyridine rings is 1. The maximum Gasteiger partial charge on any atom is 0.135 e. The van der Waals surface area contributed by atoms with Gasteiger partial charge in [-0.15, -0.1) is 0 Å². The Morgan fingerprint density at radius 2 is 2.00 bits per heavy atom. The molecule has 4 heteroatoms. The minimum Gasteiger partial charge on any atom is -0.389 e. The van der Waals surface area contributed by atoms with E-state index >= 15 is 0 Å². The Morgan fingerprint density at radius 3 is 2.62 bits per heavy atom. The number of aliphatic hydroxyl groups excluding tert-OH is 1. The third-order valence-electron chi connectivity index (χ3n) is 2.56. The molecule has 2 nitrogen and oxygen atoms in total. The number of aryl methyl sites for hydroxylation is 1. The molecule has 1 atom stereocenters. The van der Waals surface area contributed by atoms with Gasteiger partial charge in [-0.3, -0.25) is 0 Å². The molecule has 2 aromatic rings. The highest BCUT2D eigenvalue weighted by molar-refractivity contribution is 6.36. The van der Waals surface area contributed by atoms with Gasteiger partial charge in [0.1, 0.15) is 5.15 Å². The van der Waals surface area contributed by atoms with Crippen molar-refractivity contribution in [3.05, 3.63) is 39.5 Å². The lowest BCUT2D eigenvalue weighted by atomic mass is 10.1. The molecule has 0 bridgehead atoms. The average Bonchev–Trinajstić information content (AvgIpc) is 2.23. The van der Waals surface area contributed by atoms with E-state index in [0.717, 1.165) is 16.5 Å². The second-order valence-corrected chi connectivity index (χ2v) is 4.57. The van der Waals surface area contributed by atoms with Crippen molar-refractivity contribution in [3.8, 4) is 0 Å². The Balaban J connectivity index is 2.84. The average molecular weight is 256 g/mol. The highest BCUT2D eigenvalue weighted by Crippen LogP contribution is 2.31. The van der Waals surface area contributed by atoms with Gasteiger partial charge in [0.2, 0.25) is 0 Å². The fourth-order valence-electron chi connectivity index (χ4n) is 1.65.